The maximum atomic E-state index is 8.68. The van der Waals surface area contributed by atoms with E-state index in [0.29, 0.717) is 6.61 Å². The summed E-state index contributed by atoms with van der Waals surface area (Å²) in [6, 6.07) is 7.48. The molecule has 0 amide bonds. The third-order valence-electron chi connectivity index (χ3n) is 3.06. The summed E-state index contributed by atoms with van der Waals surface area (Å²) in [5.74, 6) is 1.80. The molecule has 0 atom stereocenters. The van der Waals surface area contributed by atoms with E-state index in [1.165, 1.54) is 0 Å². The molecule has 0 bridgehead atoms. The third kappa shape index (κ3) is 4.69. The SMILES string of the molecule is COc1cccc(OCCCC(C)(C)C(N)=NO)c1. The lowest BCUT2D eigenvalue weighted by molar-refractivity contribution is 0.276. The summed E-state index contributed by atoms with van der Waals surface area (Å²) in [6.45, 7) is 4.45. The minimum atomic E-state index is -0.327. The lowest BCUT2D eigenvalue weighted by atomic mass is 9.87. The predicted molar refractivity (Wildman–Crippen MR) is 74.9 cm³/mol. The Hall–Kier alpha value is -1.91. The van der Waals surface area contributed by atoms with Crippen molar-refractivity contribution in [2.75, 3.05) is 13.7 Å². The Bertz CT molecular complexity index is 430. The molecule has 0 radical (unpaired) electrons. The van der Waals surface area contributed by atoms with E-state index in [2.05, 4.69) is 5.16 Å². The number of amidine groups is 1. The molecule has 0 aliphatic heterocycles. The first kappa shape index (κ1) is 15.1. The average molecular weight is 266 g/mol. The molecule has 3 N–H and O–H groups in total. The van der Waals surface area contributed by atoms with E-state index < -0.39 is 0 Å². The molecule has 0 aromatic heterocycles. The highest BCUT2D eigenvalue weighted by Crippen LogP contribution is 2.23. The van der Waals surface area contributed by atoms with Crippen molar-refractivity contribution in [3.63, 3.8) is 0 Å². The molecule has 0 aliphatic rings. The molecule has 1 rings (SSSR count). The molecule has 1 aromatic rings. The molecule has 106 valence electrons. The lowest BCUT2D eigenvalue weighted by Gasteiger charge is -2.22. The number of hydrogen-bond donors (Lipinski definition) is 2. The normalized spacial score (nSPS) is 12.3. The lowest BCUT2D eigenvalue weighted by Crippen LogP contribution is -2.32. The van der Waals surface area contributed by atoms with Gasteiger partial charge in [-0.2, -0.15) is 0 Å². The molecule has 19 heavy (non-hydrogen) atoms. The van der Waals surface area contributed by atoms with Crippen molar-refractivity contribution in [2.24, 2.45) is 16.3 Å². The van der Waals surface area contributed by atoms with Crippen LogP contribution in [0, 0.1) is 5.41 Å². The van der Waals surface area contributed by atoms with Gasteiger partial charge in [0.2, 0.25) is 0 Å². The Balaban J connectivity index is 2.38. The Morgan fingerprint density at radius 1 is 1.37 bits per heavy atom. The number of hydrogen-bond acceptors (Lipinski definition) is 4. The van der Waals surface area contributed by atoms with Gasteiger partial charge in [-0.15, -0.1) is 0 Å². The van der Waals surface area contributed by atoms with Crippen LogP contribution in [0.5, 0.6) is 11.5 Å². The minimum Gasteiger partial charge on any atom is -0.497 e. The van der Waals surface area contributed by atoms with Crippen LogP contribution in [0.1, 0.15) is 26.7 Å². The predicted octanol–water partition coefficient (Wildman–Crippen LogP) is 2.63. The highest BCUT2D eigenvalue weighted by molar-refractivity contribution is 5.85. The Kier molecular flexibility index (Phi) is 5.48. The van der Waals surface area contributed by atoms with Gasteiger partial charge in [0.05, 0.1) is 13.7 Å². The van der Waals surface area contributed by atoms with Gasteiger partial charge in [0.1, 0.15) is 17.3 Å². The molecule has 5 heteroatoms. The highest BCUT2D eigenvalue weighted by Gasteiger charge is 2.22. The first-order valence-electron chi connectivity index (χ1n) is 6.24. The van der Waals surface area contributed by atoms with Crippen LogP contribution in [0.15, 0.2) is 29.4 Å². The van der Waals surface area contributed by atoms with Crippen LogP contribution < -0.4 is 15.2 Å². The van der Waals surface area contributed by atoms with Crippen molar-refractivity contribution in [1.82, 2.24) is 0 Å². The van der Waals surface area contributed by atoms with Crippen LogP contribution in [0.4, 0.5) is 0 Å². The van der Waals surface area contributed by atoms with Gasteiger partial charge in [0.25, 0.3) is 0 Å². The molecule has 0 aliphatic carbocycles. The second kappa shape index (κ2) is 6.87. The summed E-state index contributed by atoms with van der Waals surface area (Å²) in [6.07, 6.45) is 1.60. The van der Waals surface area contributed by atoms with Crippen molar-refractivity contribution in [3.8, 4) is 11.5 Å². The van der Waals surface area contributed by atoms with E-state index in [4.69, 9.17) is 20.4 Å². The number of oxime groups is 1. The summed E-state index contributed by atoms with van der Waals surface area (Å²) in [7, 11) is 1.62. The van der Waals surface area contributed by atoms with E-state index in [-0.39, 0.29) is 11.3 Å². The smallest absolute Gasteiger partial charge is 0.144 e. The fourth-order valence-corrected chi connectivity index (χ4v) is 1.66. The fraction of sp³-hybridized carbons (Fsp3) is 0.500. The van der Waals surface area contributed by atoms with Crippen LogP contribution in [0.3, 0.4) is 0 Å². The first-order chi connectivity index (χ1) is 8.99. The van der Waals surface area contributed by atoms with E-state index in [0.717, 1.165) is 24.3 Å². The maximum Gasteiger partial charge on any atom is 0.144 e. The summed E-state index contributed by atoms with van der Waals surface area (Å²) < 4.78 is 10.8. The number of nitrogens with zero attached hydrogens (tertiary/aromatic N) is 1. The summed E-state index contributed by atoms with van der Waals surface area (Å²) in [5, 5.41) is 11.7. The molecule has 5 nitrogen and oxygen atoms in total. The standard InChI is InChI=1S/C14H22N2O3/c1-14(2,13(15)16-17)8-5-9-19-12-7-4-6-11(10-12)18-3/h4,6-7,10,17H,5,8-9H2,1-3H3,(H2,15,16). The zero-order valence-corrected chi connectivity index (χ0v) is 11.7. The van der Waals surface area contributed by atoms with Gasteiger partial charge in [0.15, 0.2) is 0 Å². The molecule has 0 saturated heterocycles. The van der Waals surface area contributed by atoms with Gasteiger partial charge in [-0.05, 0) is 25.0 Å². The van der Waals surface area contributed by atoms with Crippen LogP contribution in [-0.2, 0) is 0 Å². The van der Waals surface area contributed by atoms with Crippen LogP contribution >= 0.6 is 0 Å². The van der Waals surface area contributed by atoms with Gasteiger partial charge < -0.3 is 20.4 Å². The number of benzene rings is 1. The number of methoxy groups -OCH3 is 1. The monoisotopic (exact) mass is 266 g/mol. The number of ether oxygens (including phenoxy) is 2. The number of rotatable bonds is 7. The van der Waals surface area contributed by atoms with E-state index in [1.54, 1.807) is 7.11 Å². The Morgan fingerprint density at radius 3 is 2.68 bits per heavy atom. The second-order valence-corrected chi connectivity index (χ2v) is 5.00. The van der Waals surface area contributed by atoms with Gasteiger partial charge >= 0.3 is 0 Å². The molecular formula is C14H22N2O3. The van der Waals surface area contributed by atoms with E-state index >= 15 is 0 Å². The summed E-state index contributed by atoms with van der Waals surface area (Å²) >= 11 is 0. The van der Waals surface area contributed by atoms with E-state index in [9.17, 15) is 0 Å². The van der Waals surface area contributed by atoms with Crippen molar-refractivity contribution < 1.29 is 14.7 Å². The van der Waals surface area contributed by atoms with Crippen molar-refractivity contribution in [1.29, 1.82) is 0 Å². The van der Waals surface area contributed by atoms with Crippen molar-refractivity contribution in [2.45, 2.75) is 26.7 Å². The second-order valence-electron chi connectivity index (χ2n) is 5.00. The molecular weight excluding hydrogens is 244 g/mol. The Labute approximate surface area is 114 Å². The first-order valence-corrected chi connectivity index (χ1v) is 6.24. The molecule has 0 saturated carbocycles. The van der Waals surface area contributed by atoms with Gasteiger partial charge in [-0.25, -0.2) is 0 Å². The quantitative estimate of drug-likeness (QED) is 0.261. The molecule has 1 aromatic carbocycles. The van der Waals surface area contributed by atoms with Crippen LogP contribution in [-0.4, -0.2) is 24.8 Å². The zero-order chi connectivity index (χ0) is 14.3. The minimum absolute atomic E-state index is 0.244. The molecule has 0 spiro atoms. The van der Waals surface area contributed by atoms with Crippen molar-refractivity contribution in [3.05, 3.63) is 24.3 Å². The van der Waals surface area contributed by atoms with Gasteiger partial charge in [0, 0.05) is 11.5 Å². The Morgan fingerprint density at radius 2 is 2.05 bits per heavy atom. The van der Waals surface area contributed by atoms with Gasteiger partial charge in [-0.3, -0.25) is 0 Å². The maximum absolute atomic E-state index is 8.68. The van der Waals surface area contributed by atoms with E-state index in [1.807, 2.05) is 38.1 Å². The molecule has 0 unspecified atom stereocenters. The zero-order valence-electron chi connectivity index (χ0n) is 11.7. The fourth-order valence-electron chi connectivity index (χ4n) is 1.66. The number of nitrogens with two attached hydrogens (primary N) is 1. The van der Waals surface area contributed by atoms with Crippen molar-refractivity contribution >= 4 is 5.84 Å². The third-order valence-corrected chi connectivity index (χ3v) is 3.06. The summed E-state index contributed by atoms with van der Waals surface area (Å²) in [5.41, 5.74) is 5.30. The molecule has 0 heterocycles. The van der Waals surface area contributed by atoms with Crippen LogP contribution in [0.2, 0.25) is 0 Å². The topological polar surface area (TPSA) is 77.1 Å². The molecule has 0 fully saturated rings. The van der Waals surface area contributed by atoms with Crippen LogP contribution in [0.25, 0.3) is 0 Å². The van der Waals surface area contributed by atoms with Gasteiger partial charge in [-0.1, -0.05) is 25.1 Å². The highest BCUT2D eigenvalue weighted by atomic mass is 16.5. The average Bonchev–Trinajstić information content (AvgIpc) is 2.43. The summed E-state index contributed by atoms with van der Waals surface area (Å²) in [4.78, 5) is 0. The largest absolute Gasteiger partial charge is 0.497 e.